The molecule has 0 aliphatic rings. The minimum atomic E-state index is 0.245. The van der Waals surface area contributed by atoms with Gasteiger partial charge in [-0.2, -0.15) is 0 Å². The third-order valence-corrected chi connectivity index (χ3v) is 5.11. The smallest absolute Gasteiger partial charge is 0.00718 e. The van der Waals surface area contributed by atoms with Gasteiger partial charge >= 0.3 is 0 Å². The second-order valence-electron chi connectivity index (χ2n) is 6.45. The fraction of sp³-hybridized carbons (Fsp3) is 0.524. The van der Waals surface area contributed by atoms with E-state index in [1.54, 1.807) is 0 Å². The van der Waals surface area contributed by atoms with E-state index in [-0.39, 0.29) is 5.41 Å². The summed E-state index contributed by atoms with van der Waals surface area (Å²) < 4.78 is 0. The second kappa shape index (κ2) is 7.64. The van der Waals surface area contributed by atoms with Crippen LogP contribution in [0.3, 0.4) is 0 Å². The predicted molar refractivity (Wildman–Crippen MR) is 96.7 cm³/mol. The maximum Gasteiger partial charge on any atom is -0.00718 e. The molecule has 0 bridgehead atoms. The van der Waals surface area contributed by atoms with E-state index >= 15 is 0 Å². The lowest BCUT2D eigenvalue weighted by molar-refractivity contribution is 0.413. The molecule has 21 heavy (non-hydrogen) atoms. The maximum absolute atomic E-state index is 4.40. The minimum absolute atomic E-state index is 0.245. The normalized spacial score (nSPS) is 15.3. The first kappa shape index (κ1) is 17.8. The Morgan fingerprint density at radius 1 is 1.10 bits per heavy atom. The van der Waals surface area contributed by atoms with Gasteiger partial charge in [0.25, 0.3) is 0 Å². The molecule has 0 aromatic heterocycles. The standard InChI is InChI=1S/C21H32/c1-8-15-21(7,10-3)20-14-12-11-13-19(20)18(6)17(5)16(4)9-2/h11-14H,6,8-10,15H2,1-5,7H3. The molecule has 0 amide bonds. The molecule has 0 saturated heterocycles. The van der Waals surface area contributed by atoms with Crippen molar-refractivity contribution >= 4 is 5.57 Å². The largest absolute Gasteiger partial charge is 0.0909 e. The molecule has 0 spiro atoms. The van der Waals surface area contributed by atoms with Crippen LogP contribution in [0.15, 0.2) is 42.0 Å². The molecule has 0 aliphatic heterocycles. The molecule has 0 N–H and O–H groups in total. The summed E-state index contributed by atoms with van der Waals surface area (Å²) in [6.45, 7) is 18.0. The Balaban J connectivity index is 3.37. The summed E-state index contributed by atoms with van der Waals surface area (Å²) in [7, 11) is 0. The van der Waals surface area contributed by atoms with Crippen molar-refractivity contribution in [3.05, 3.63) is 53.1 Å². The molecule has 0 saturated carbocycles. The zero-order chi connectivity index (χ0) is 16.0. The highest BCUT2D eigenvalue weighted by molar-refractivity contribution is 5.79. The summed E-state index contributed by atoms with van der Waals surface area (Å²) in [6, 6.07) is 8.85. The molecule has 1 aromatic carbocycles. The Morgan fingerprint density at radius 3 is 2.24 bits per heavy atom. The highest BCUT2D eigenvalue weighted by Crippen LogP contribution is 2.38. The fourth-order valence-corrected chi connectivity index (χ4v) is 3.05. The zero-order valence-electron chi connectivity index (χ0n) is 14.8. The Kier molecular flexibility index (Phi) is 6.45. The third-order valence-electron chi connectivity index (χ3n) is 5.11. The molecular weight excluding hydrogens is 252 g/mol. The van der Waals surface area contributed by atoms with Gasteiger partial charge in [0.05, 0.1) is 0 Å². The topological polar surface area (TPSA) is 0 Å². The summed E-state index contributed by atoms with van der Waals surface area (Å²) >= 11 is 0. The van der Waals surface area contributed by atoms with Crippen LogP contribution in [0.1, 0.15) is 78.4 Å². The van der Waals surface area contributed by atoms with E-state index in [0.29, 0.717) is 0 Å². The molecule has 0 heteroatoms. The molecule has 0 aliphatic carbocycles. The van der Waals surface area contributed by atoms with Gasteiger partial charge in [0.15, 0.2) is 0 Å². The SMILES string of the molecule is C=C(C(C)=C(C)CC)c1ccccc1C(C)(CC)CCC. The summed E-state index contributed by atoms with van der Waals surface area (Å²) in [5.41, 5.74) is 7.02. The van der Waals surface area contributed by atoms with E-state index < -0.39 is 0 Å². The van der Waals surface area contributed by atoms with Crippen LogP contribution >= 0.6 is 0 Å². The summed E-state index contributed by atoms with van der Waals surface area (Å²) in [4.78, 5) is 0. The molecule has 0 fully saturated rings. The first-order valence-electron chi connectivity index (χ1n) is 8.36. The lowest BCUT2D eigenvalue weighted by Crippen LogP contribution is -2.22. The molecule has 0 nitrogen and oxygen atoms in total. The van der Waals surface area contributed by atoms with Crippen LogP contribution in [-0.4, -0.2) is 0 Å². The van der Waals surface area contributed by atoms with Crippen LogP contribution in [0.5, 0.6) is 0 Å². The van der Waals surface area contributed by atoms with Gasteiger partial charge in [0, 0.05) is 0 Å². The van der Waals surface area contributed by atoms with Gasteiger partial charge in [0.1, 0.15) is 0 Å². The van der Waals surface area contributed by atoms with Crippen LogP contribution in [0.2, 0.25) is 0 Å². The monoisotopic (exact) mass is 284 g/mol. The van der Waals surface area contributed by atoms with Gasteiger partial charge in [-0.05, 0) is 60.8 Å². The van der Waals surface area contributed by atoms with Crippen LogP contribution in [0.25, 0.3) is 5.57 Å². The molecule has 1 unspecified atom stereocenters. The van der Waals surface area contributed by atoms with Crippen molar-refractivity contribution in [1.29, 1.82) is 0 Å². The van der Waals surface area contributed by atoms with Gasteiger partial charge in [-0.25, -0.2) is 0 Å². The van der Waals surface area contributed by atoms with Gasteiger partial charge in [0.2, 0.25) is 0 Å². The van der Waals surface area contributed by atoms with Crippen molar-refractivity contribution in [2.24, 2.45) is 0 Å². The van der Waals surface area contributed by atoms with Gasteiger partial charge in [-0.3, -0.25) is 0 Å². The van der Waals surface area contributed by atoms with E-state index in [1.807, 2.05) is 0 Å². The van der Waals surface area contributed by atoms with Crippen molar-refractivity contribution in [3.8, 4) is 0 Å². The number of hydrogen-bond acceptors (Lipinski definition) is 0. The molecule has 0 heterocycles. The van der Waals surface area contributed by atoms with E-state index in [1.165, 1.54) is 47.1 Å². The van der Waals surface area contributed by atoms with Crippen molar-refractivity contribution < 1.29 is 0 Å². The van der Waals surface area contributed by atoms with Gasteiger partial charge < -0.3 is 0 Å². The van der Waals surface area contributed by atoms with Crippen LogP contribution in [-0.2, 0) is 5.41 Å². The minimum Gasteiger partial charge on any atom is -0.0909 e. The Hall–Kier alpha value is -1.30. The van der Waals surface area contributed by atoms with Crippen molar-refractivity contribution in [2.75, 3.05) is 0 Å². The van der Waals surface area contributed by atoms with Crippen molar-refractivity contribution in [3.63, 3.8) is 0 Å². The molecular formula is C21H32. The van der Waals surface area contributed by atoms with Crippen molar-refractivity contribution in [2.45, 2.75) is 72.6 Å². The fourth-order valence-electron chi connectivity index (χ4n) is 3.05. The third kappa shape index (κ3) is 3.87. The van der Waals surface area contributed by atoms with Crippen LogP contribution in [0, 0.1) is 0 Å². The summed E-state index contributed by atoms with van der Waals surface area (Å²) in [5.74, 6) is 0. The number of allylic oxidation sites excluding steroid dienone is 3. The first-order chi connectivity index (χ1) is 9.91. The van der Waals surface area contributed by atoms with Gasteiger partial charge in [-0.15, -0.1) is 0 Å². The molecule has 1 rings (SSSR count). The quantitative estimate of drug-likeness (QED) is 0.477. The summed E-state index contributed by atoms with van der Waals surface area (Å²) in [5, 5.41) is 0. The molecule has 116 valence electrons. The van der Waals surface area contributed by atoms with Crippen molar-refractivity contribution in [1.82, 2.24) is 0 Å². The average molecular weight is 284 g/mol. The predicted octanol–water partition coefficient (Wildman–Crippen LogP) is 6.91. The Labute approximate surface area is 132 Å². The first-order valence-corrected chi connectivity index (χ1v) is 8.36. The summed E-state index contributed by atoms with van der Waals surface area (Å²) in [6.07, 6.45) is 4.70. The lowest BCUT2D eigenvalue weighted by atomic mass is 9.73. The van der Waals surface area contributed by atoms with E-state index in [2.05, 4.69) is 72.4 Å². The Morgan fingerprint density at radius 2 is 1.71 bits per heavy atom. The number of rotatable bonds is 7. The van der Waals surface area contributed by atoms with E-state index in [4.69, 9.17) is 0 Å². The highest BCUT2D eigenvalue weighted by Gasteiger charge is 2.26. The number of hydrogen-bond donors (Lipinski definition) is 0. The van der Waals surface area contributed by atoms with Crippen LogP contribution < -0.4 is 0 Å². The Bertz CT molecular complexity index is 519. The maximum atomic E-state index is 4.40. The zero-order valence-corrected chi connectivity index (χ0v) is 14.8. The molecule has 0 radical (unpaired) electrons. The highest BCUT2D eigenvalue weighted by atomic mass is 14.3. The van der Waals surface area contributed by atoms with E-state index in [0.717, 1.165) is 6.42 Å². The second-order valence-corrected chi connectivity index (χ2v) is 6.45. The average Bonchev–Trinajstić information content (AvgIpc) is 2.52. The lowest BCUT2D eigenvalue weighted by Gasteiger charge is -2.31. The van der Waals surface area contributed by atoms with E-state index in [9.17, 15) is 0 Å². The molecule has 1 atom stereocenters. The van der Waals surface area contributed by atoms with Crippen LogP contribution in [0.4, 0.5) is 0 Å². The number of benzene rings is 1. The molecule has 1 aromatic rings. The van der Waals surface area contributed by atoms with Gasteiger partial charge in [-0.1, -0.05) is 70.5 Å².